The van der Waals surface area contributed by atoms with Crippen LogP contribution in [0.1, 0.15) is 27.2 Å². The molecule has 35 heavy (non-hydrogen) atoms. The Morgan fingerprint density at radius 3 is 2.54 bits per heavy atom. The molecule has 0 saturated carbocycles. The molecule has 0 atom stereocenters. The summed E-state index contributed by atoms with van der Waals surface area (Å²) in [6.45, 7) is 5.88. The molecular weight excluding hydrogens is 446 g/mol. The van der Waals surface area contributed by atoms with Crippen molar-refractivity contribution in [2.75, 3.05) is 5.32 Å². The van der Waals surface area contributed by atoms with Crippen LogP contribution in [0.2, 0.25) is 0 Å². The van der Waals surface area contributed by atoms with Gasteiger partial charge in [-0.2, -0.15) is 0 Å². The number of non-ortho nitro benzene ring substituents is 1. The standard InChI is InChI=1S/C27H21N3O5/c1-15-11-17(3)25-22(12-15)29-27(35-25)19-8-7-16(2)21(14-19)28-26(31)24-10-9-23(34-24)18-5-4-6-20(13-18)30(32)33/h4-14H,1-3H3,(H,28,31). The Labute approximate surface area is 200 Å². The molecule has 8 nitrogen and oxygen atoms in total. The summed E-state index contributed by atoms with van der Waals surface area (Å²) in [5.74, 6) is 0.479. The lowest BCUT2D eigenvalue weighted by atomic mass is 10.1. The van der Waals surface area contributed by atoms with E-state index in [9.17, 15) is 14.9 Å². The number of nitro groups is 1. The summed E-state index contributed by atoms with van der Waals surface area (Å²) in [6.07, 6.45) is 0. The van der Waals surface area contributed by atoms with Crippen LogP contribution in [-0.2, 0) is 0 Å². The zero-order chi connectivity index (χ0) is 24.7. The number of oxazole rings is 1. The van der Waals surface area contributed by atoms with Crippen LogP contribution in [0.4, 0.5) is 11.4 Å². The van der Waals surface area contributed by atoms with Gasteiger partial charge in [0.15, 0.2) is 11.3 Å². The predicted octanol–water partition coefficient (Wildman–Crippen LogP) is 6.84. The number of nitrogens with zero attached hydrogens (tertiary/aromatic N) is 2. The number of furan rings is 1. The van der Waals surface area contributed by atoms with Crippen molar-refractivity contribution in [1.82, 2.24) is 4.98 Å². The van der Waals surface area contributed by atoms with Crippen LogP contribution < -0.4 is 5.32 Å². The van der Waals surface area contributed by atoms with Gasteiger partial charge in [0.05, 0.1) is 4.92 Å². The molecule has 0 unspecified atom stereocenters. The SMILES string of the molecule is Cc1cc(C)c2oc(-c3ccc(C)c(NC(=O)c4ccc(-c5cccc([N+](=O)[O-])c5)o4)c3)nc2c1. The zero-order valence-electron chi connectivity index (χ0n) is 19.3. The lowest BCUT2D eigenvalue weighted by molar-refractivity contribution is -0.384. The van der Waals surface area contributed by atoms with Gasteiger partial charge in [-0.1, -0.05) is 24.3 Å². The van der Waals surface area contributed by atoms with Crippen LogP contribution in [0.25, 0.3) is 33.9 Å². The van der Waals surface area contributed by atoms with Crippen LogP contribution >= 0.6 is 0 Å². The van der Waals surface area contributed by atoms with E-state index < -0.39 is 10.8 Å². The number of anilines is 1. The number of aryl methyl sites for hydroxylation is 3. The highest BCUT2D eigenvalue weighted by Crippen LogP contribution is 2.31. The number of hydrogen-bond donors (Lipinski definition) is 1. The molecule has 0 saturated heterocycles. The predicted molar refractivity (Wildman–Crippen MR) is 132 cm³/mol. The molecule has 3 aromatic carbocycles. The number of rotatable bonds is 5. The molecule has 5 aromatic rings. The fraction of sp³-hybridized carbons (Fsp3) is 0.111. The monoisotopic (exact) mass is 467 g/mol. The van der Waals surface area contributed by atoms with E-state index in [1.54, 1.807) is 18.2 Å². The van der Waals surface area contributed by atoms with Gasteiger partial charge < -0.3 is 14.2 Å². The molecule has 1 amide bonds. The summed E-state index contributed by atoms with van der Waals surface area (Å²) < 4.78 is 11.7. The zero-order valence-corrected chi connectivity index (χ0v) is 19.3. The highest BCUT2D eigenvalue weighted by Gasteiger charge is 2.17. The second-order valence-electron chi connectivity index (χ2n) is 8.40. The van der Waals surface area contributed by atoms with Crippen molar-refractivity contribution < 1.29 is 18.6 Å². The summed E-state index contributed by atoms with van der Waals surface area (Å²) >= 11 is 0. The maximum Gasteiger partial charge on any atom is 0.291 e. The molecule has 1 N–H and O–H groups in total. The first-order chi connectivity index (χ1) is 16.8. The highest BCUT2D eigenvalue weighted by atomic mass is 16.6. The van der Waals surface area contributed by atoms with Gasteiger partial charge in [0, 0.05) is 28.9 Å². The average Bonchev–Trinajstić information content (AvgIpc) is 3.48. The van der Waals surface area contributed by atoms with Gasteiger partial charge in [0.2, 0.25) is 5.89 Å². The number of nitrogens with one attached hydrogen (secondary N) is 1. The minimum absolute atomic E-state index is 0.0538. The van der Waals surface area contributed by atoms with E-state index in [-0.39, 0.29) is 11.4 Å². The van der Waals surface area contributed by atoms with Gasteiger partial charge in [-0.25, -0.2) is 4.98 Å². The Bertz CT molecular complexity index is 1610. The third kappa shape index (κ3) is 4.29. The van der Waals surface area contributed by atoms with E-state index >= 15 is 0 Å². The second-order valence-corrected chi connectivity index (χ2v) is 8.40. The number of aromatic nitrogens is 1. The van der Waals surface area contributed by atoms with E-state index in [1.165, 1.54) is 18.2 Å². The molecule has 0 spiro atoms. The van der Waals surface area contributed by atoms with Crippen LogP contribution in [0, 0.1) is 30.9 Å². The molecule has 8 heteroatoms. The van der Waals surface area contributed by atoms with Crippen molar-refractivity contribution in [2.45, 2.75) is 20.8 Å². The molecule has 0 aliphatic heterocycles. The van der Waals surface area contributed by atoms with E-state index in [1.807, 2.05) is 51.1 Å². The number of carbonyl (C=O) groups is 1. The van der Waals surface area contributed by atoms with Crippen LogP contribution in [0.5, 0.6) is 0 Å². The number of amides is 1. The largest absolute Gasteiger partial charge is 0.451 e. The van der Waals surface area contributed by atoms with Crippen LogP contribution in [0.3, 0.4) is 0 Å². The number of hydrogen-bond acceptors (Lipinski definition) is 6. The molecular formula is C27H21N3O5. The van der Waals surface area contributed by atoms with Gasteiger partial charge >= 0.3 is 0 Å². The highest BCUT2D eigenvalue weighted by molar-refractivity contribution is 6.03. The lowest BCUT2D eigenvalue weighted by Crippen LogP contribution is -2.11. The smallest absolute Gasteiger partial charge is 0.291 e. The van der Waals surface area contributed by atoms with E-state index in [0.29, 0.717) is 22.9 Å². The van der Waals surface area contributed by atoms with Crippen molar-refractivity contribution in [1.29, 1.82) is 0 Å². The third-order valence-electron chi connectivity index (χ3n) is 5.72. The first kappa shape index (κ1) is 22.1. The van der Waals surface area contributed by atoms with Gasteiger partial charge in [-0.05, 0) is 67.8 Å². The molecule has 2 aromatic heterocycles. The Hall–Kier alpha value is -4.72. The Morgan fingerprint density at radius 1 is 0.914 bits per heavy atom. The Balaban J connectivity index is 1.41. The lowest BCUT2D eigenvalue weighted by Gasteiger charge is -2.08. The van der Waals surface area contributed by atoms with Gasteiger partial charge in [-0.3, -0.25) is 14.9 Å². The first-order valence-electron chi connectivity index (χ1n) is 10.9. The van der Waals surface area contributed by atoms with Crippen molar-refractivity contribution in [3.8, 4) is 22.8 Å². The summed E-state index contributed by atoms with van der Waals surface area (Å²) in [5, 5.41) is 13.9. The number of benzene rings is 3. The fourth-order valence-corrected chi connectivity index (χ4v) is 3.96. The molecule has 0 radical (unpaired) electrons. The second kappa shape index (κ2) is 8.57. The maximum atomic E-state index is 12.9. The van der Waals surface area contributed by atoms with E-state index in [0.717, 1.165) is 33.4 Å². The van der Waals surface area contributed by atoms with Gasteiger partial charge in [-0.15, -0.1) is 0 Å². The van der Waals surface area contributed by atoms with Crippen molar-refractivity contribution in [3.05, 3.63) is 99.3 Å². The summed E-state index contributed by atoms with van der Waals surface area (Å²) in [4.78, 5) is 28.1. The molecule has 0 fully saturated rings. The van der Waals surface area contributed by atoms with Crippen LogP contribution in [-0.4, -0.2) is 15.8 Å². The summed E-state index contributed by atoms with van der Waals surface area (Å²) in [7, 11) is 0. The maximum absolute atomic E-state index is 12.9. The number of carbonyl (C=O) groups excluding carboxylic acids is 1. The Kier molecular flexibility index (Phi) is 5.41. The van der Waals surface area contributed by atoms with Crippen molar-refractivity contribution in [3.63, 3.8) is 0 Å². The molecule has 5 rings (SSSR count). The molecule has 0 aliphatic carbocycles. The molecule has 0 aliphatic rings. The third-order valence-corrected chi connectivity index (χ3v) is 5.72. The van der Waals surface area contributed by atoms with E-state index in [2.05, 4.69) is 10.3 Å². The minimum Gasteiger partial charge on any atom is -0.451 e. The minimum atomic E-state index is -0.477. The first-order valence-corrected chi connectivity index (χ1v) is 10.9. The Morgan fingerprint density at radius 2 is 1.74 bits per heavy atom. The normalized spacial score (nSPS) is 11.1. The van der Waals surface area contributed by atoms with Gasteiger partial charge in [0.1, 0.15) is 11.3 Å². The summed E-state index contributed by atoms with van der Waals surface area (Å²) in [5.41, 5.74) is 6.28. The fourth-order valence-electron chi connectivity index (χ4n) is 3.96. The van der Waals surface area contributed by atoms with Crippen molar-refractivity contribution >= 4 is 28.4 Å². The molecule has 2 heterocycles. The quantitative estimate of drug-likeness (QED) is 0.224. The van der Waals surface area contributed by atoms with E-state index in [4.69, 9.17) is 8.83 Å². The van der Waals surface area contributed by atoms with Gasteiger partial charge in [0.25, 0.3) is 11.6 Å². The average molecular weight is 467 g/mol. The topological polar surface area (TPSA) is 111 Å². The van der Waals surface area contributed by atoms with Crippen LogP contribution in [0.15, 0.2) is 75.6 Å². The van der Waals surface area contributed by atoms with Crippen molar-refractivity contribution in [2.24, 2.45) is 0 Å². The molecule has 174 valence electrons. The number of fused-ring (bicyclic) bond motifs is 1. The molecule has 0 bridgehead atoms. The summed E-state index contributed by atoms with van der Waals surface area (Å²) in [6, 6.07) is 18.8. The number of nitro benzene ring substituents is 1.